The summed E-state index contributed by atoms with van der Waals surface area (Å²) >= 11 is 1.38. The quantitative estimate of drug-likeness (QED) is 0.403. The largest absolute Gasteiger partial charge is 0.495 e. The van der Waals surface area contributed by atoms with Crippen LogP contribution in [0.5, 0.6) is 5.75 Å². The van der Waals surface area contributed by atoms with Gasteiger partial charge in [0.1, 0.15) is 12.1 Å². The standard InChI is InChI=1S/C22H26N4O3S/c1-15-11-18(16(2)25(15)12-17-7-6-10-29-17)20(27)13-30-22-24-23-14-26(22)19-8-4-5-9-21(19)28-3/h4-5,8-9,11,14,17H,6-7,10,12-13H2,1-3H3/t17-/m1/s1. The Morgan fingerprint density at radius 1 is 1.33 bits per heavy atom. The van der Waals surface area contributed by atoms with Gasteiger partial charge in [-0.2, -0.15) is 0 Å². The van der Waals surface area contributed by atoms with Gasteiger partial charge in [0.2, 0.25) is 0 Å². The van der Waals surface area contributed by atoms with Gasteiger partial charge in [-0.05, 0) is 44.9 Å². The summed E-state index contributed by atoms with van der Waals surface area (Å²) in [6.07, 6.45) is 4.07. The molecule has 1 aliphatic heterocycles. The van der Waals surface area contributed by atoms with E-state index in [0.717, 1.165) is 54.4 Å². The summed E-state index contributed by atoms with van der Waals surface area (Å²) < 4.78 is 15.3. The van der Waals surface area contributed by atoms with Gasteiger partial charge < -0.3 is 14.0 Å². The van der Waals surface area contributed by atoms with E-state index < -0.39 is 0 Å². The number of nitrogens with zero attached hydrogens (tertiary/aromatic N) is 4. The van der Waals surface area contributed by atoms with Crippen LogP contribution in [-0.2, 0) is 11.3 Å². The van der Waals surface area contributed by atoms with Crippen LogP contribution in [0.25, 0.3) is 5.69 Å². The van der Waals surface area contributed by atoms with E-state index in [1.807, 2.05) is 48.7 Å². The number of hydrogen-bond donors (Lipinski definition) is 0. The van der Waals surface area contributed by atoms with E-state index in [0.29, 0.717) is 5.16 Å². The molecule has 2 aromatic heterocycles. The summed E-state index contributed by atoms with van der Waals surface area (Å²) in [6.45, 7) is 5.70. The molecule has 1 atom stereocenters. The van der Waals surface area contributed by atoms with Crippen molar-refractivity contribution in [3.05, 3.63) is 53.6 Å². The highest BCUT2D eigenvalue weighted by Gasteiger charge is 2.22. The first kappa shape index (κ1) is 20.7. The second-order valence-electron chi connectivity index (χ2n) is 7.40. The summed E-state index contributed by atoms with van der Waals surface area (Å²) in [4.78, 5) is 13.0. The third-order valence-corrected chi connectivity index (χ3v) is 6.42. The average Bonchev–Trinajstić information content (AvgIpc) is 3.50. The van der Waals surface area contributed by atoms with Gasteiger partial charge in [0.25, 0.3) is 0 Å². The molecule has 8 heteroatoms. The molecule has 1 saturated heterocycles. The molecule has 30 heavy (non-hydrogen) atoms. The number of ether oxygens (including phenoxy) is 2. The van der Waals surface area contributed by atoms with Crippen molar-refractivity contribution in [3.8, 4) is 11.4 Å². The fourth-order valence-corrected chi connectivity index (χ4v) is 4.69. The van der Waals surface area contributed by atoms with Gasteiger partial charge in [0.05, 0.1) is 24.7 Å². The Labute approximate surface area is 180 Å². The minimum atomic E-state index is 0.0845. The molecule has 0 spiro atoms. The molecule has 0 saturated carbocycles. The highest BCUT2D eigenvalue weighted by atomic mass is 32.2. The molecule has 0 unspecified atom stereocenters. The zero-order chi connectivity index (χ0) is 21.1. The summed E-state index contributed by atoms with van der Waals surface area (Å²) in [5.74, 6) is 1.10. The maximum Gasteiger partial charge on any atom is 0.196 e. The average molecular weight is 427 g/mol. The van der Waals surface area contributed by atoms with E-state index in [4.69, 9.17) is 9.47 Å². The first-order valence-corrected chi connectivity index (χ1v) is 11.0. The second-order valence-corrected chi connectivity index (χ2v) is 8.34. The third kappa shape index (κ3) is 4.15. The number of Topliss-reactive ketones (excluding diaryl/α,β-unsaturated/α-hetero) is 1. The van der Waals surface area contributed by atoms with E-state index >= 15 is 0 Å². The van der Waals surface area contributed by atoms with Gasteiger partial charge in [0.15, 0.2) is 10.9 Å². The molecule has 0 amide bonds. The van der Waals surface area contributed by atoms with Gasteiger partial charge in [-0.15, -0.1) is 10.2 Å². The molecular weight excluding hydrogens is 400 g/mol. The van der Waals surface area contributed by atoms with Gasteiger partial charge in [0, 0.05) is 30.1 Å². The molecule has 0 aliphatic carbocycles. The van der Waals surface area contributed by atoms with E-state index in [9.17, 15) is 4.79 Å². The van der Waals surface area contributed by atoms with Crippen LogP contribution in [0.3, 0.4) is 0 Å². The van der Waals surface area contributed by atoms with E-state index in [2.05, 4.69) is 14.8 Å². The zero-order valence-electron chi connectivity index (χ0n) is 17.5. The van der Waals surface area contributed by atoms with Crippen LogP contribution in [0.4, 0.5) is 0 Å². The Balaban J connectivity index is 1.48. The molecule has 1 fully saturated rings. The minimum Gasteiger partial charge on any atom is -0.495 e. The number of benzene rings is 1. The number of carbonyl (C=O) groups excluding carboxylic acids is 1. The zero-order valence-corrected chi connectivity index (χ0v) is 18.3. The highest BCUT2D eigenvalue weighted by Crippen LogP contribution is 2.28. The maximum absolute atomic E-state index is 13.0. The van der Waals surface area contributed by atoms with Crippen molar-refractivity contribution in [2.75, 3.05) is 19.5 Å². The smallest absolute Gasteiger partial charge is 0.196 e. The highest BCUT2D eigenvalue weighted by molar-refractivity contribution is 7.99. The van der Waals surface area contributed by atoms with Crippen molar-refractivity contribution < 1.29 is 14.3 Å². The number of rotatable bonds is 8. The first-order chi connectivity index (χ1) is 14.6. The summed E-state index contributed by atoms with van der Waals surface area (Å²) in [7, 11) is 1.63. The second kappa shape index (κ2) is 9.06. The third-order valence-electron chi connectivity index (χ3n) is 5.48. The van der Waals surface area contributed by atoms with Crippen molar-refractivity contribution in [1.82, 2.24) is 19.3 Å². The lowest BCUT2D eigenvalue weighted by Crippen LogP contribution is -2.17. The van der Waals surface area contributed by atoms with E-state index in [-0.39, 0.29) is 17.6 Å². The van der Waals surface area contributed by atoms with Crippen molar-refractivity contribution in [2.24, 2.45) is 0 Å². The fourth-order valence-electron chi connectivity index (χ4n) is 3.88. The Hall–Kier alpha value is -2.58. The SMILES string of the molecule is COc1ccccc1-n1cnnc1SCC(=O)c1cc(C)n(C[C@H]2CCCO2)c1C. The number of thioether (sulfide) groups is 1. The fraction of sp³-hybridized carbons (Fsp3) is 0.409. The number of aryl methyl sites for hydroxylation is 1. The Morgan fingerprint density at radius 3 is 2.93 bits per heavy atom. The van der Waals surface area contributed by atoms with Gasteiger partial charge in [-0.3, -0.25) is 9.36 Å². The maximum atomic E-state index is 13.0. The van der Waals surface area contributed by atoms with Crippen molar-refractivity contribution in [1.29, 1.82) is 0 Å². The molecule has 0 N–H and O–H groups in total. The summed E-state index contributed by atoms with van der Waals surface area (Å²) in [5, 5.41) is 8.87. The topological polar surface area (TPSA) is 71.2 Å². The molecule has 0 radical (unpaired) electrons. The molecule has 7 nitrogen and oxygen atoms in total. The van der Waals surface area contributed by atoms with Gasteiger partial charge in [-0.1, -0.05) is 23.9 Å². The van der Waals surface area contributed by atoms with Crippen LogP contribution in [-0.4, -0.2) is 50.7 Å². The normalized spacial score (nSPS) is 16.2. The van der Waals surface area contributed by atoms with Crippen LogP contribution in [0.2, 0.25) is 0 Å². The molecule has 158 valence electrons. The molecule has 3 aromatic rings. The number of hydrogen-bond acceptors (Lipinski definition) is 6. The molecule has 1 aromatic carbocycles. The number of aromatic nitrogens is 4. The van der Waals surface area contributed by atoms with Crippen LogP contribution in [0.15, 0.2) is 41.8 Å². The van der Waals surface area contributed by atoms with Crippen molar-refractivity contribution in [2.45, 2.75) is 44.5 Å². The Morgan fingerprint density at radius 2 is 2.17 bits per heavy atom. The van der Waals surface area contributed by atoms with Crippen molar-refractivity contribution >= 4 is 17.5 Å². The van der Waals surface area contributed by atoms with Gasteiger partial charge in [-0.25, -0.2) is 0 Å². The lowest BCUT2D eigenvalue weighted by molar-refractivity contribution is 0.0957. The first-order valence-electron chi connectivity index (χ1n) is 10.1. The Bertz CT molecular complexity index is 1040. The molecule has 4 rings (SSSR count). The summed E-state index contributed by atoms with van der Waals surface area (Å²) in [5.41, 5.74) is 3.70. The predicted molar refractivity (Wildman–Crippen MR) is 116 cm³/mol. The summed E-state index contributed by atoms with van der Waals surface area (Å²) in [6, 6.07) is 9.65. The van der Waals surface area contributed by atoms with Crippen LogP contribution in [0, 0.1) is 13.8 Å². The molecule has 1 aliphatic rings. The van der Waals surface area contributed by atoms with Crippen LogP contribution < -0.4 is 4.74 Å². The monoisotopic (exact) mass is 426 g/mol. The molecule has 3 heterocycles. The minimum absolute atomic E-state index is 0.0845. The number of methoxy groups -OCH3 is 1. The number of para-hydroxylation sites is 2. The molecule has 0 bridgehead atoms. The lowest BCUT2D eigenvalue weighted by Gasteiger charge is -2.14. The predicted octanol–water partition coefficient (Wildman–Crippen LogP) is 3.85. The Kier molecular flexibility index (Phi) is 6.24. The van der Waals surface area contributed by atoms with E-state index in [1.54, 1.807) is 13.4 Å². The number of carbonyl (C=O) groups is 1. The van der Waals surface area contributed by atoms with Crippen LogP contribution >= 0.6 is 11.8 Å². The van der Waals surface area contributed by atoms with Gasteiger partial charge >= 0.3 is 0 Å². The van der Waals surface area contributed by atoms with E-state index in [1.165, 1.54) is 11.8 Å². The van der Waals surface area contributed by atoms with Crippen LogP contribution in [0.1, 0.15) is 34.6 Å². The number of ketones is 1. The van der Waals surface area contributed by atoms with Crippen molar-refractivity contribution in [3.63, 3.8) is 0 Å². The lowest BCUT2D eigenvalue weighted by atomic mass is 10.2. The molecular formula is C22H26N4O3S.